The summed E-state index contributed by atoms with van der Waals surface area (Å²) in [7, 11) is 1.83. The average molecular weight is 374 g/mol. The van der Waals surface area contributed by atoms with Crippen LogP contribution in [-0.2, 0) is 13.1 Å². The summed E-state index contributed by atoms with van der Waals surface area (Å²) >= 11 is 0. The summed E-state index contributed by atoms with van der Waals surface area (Å²) in [4.78, 5) is 9.35. The van der Waals surface area contributed by atoms with Crippen LogP contribution in [0, 0.1) is 0 Å². The van der Waals surface area contributed by atoms with Crippen LogP contribution in [0.2, 0.25) is 0 Å². The molecular formula is C22H39N5. The van der Waals surface area contributed by atoms with Crippen LogP contribution in [0.5, 0.6) is 0 Å². The summed E-state index contributed by atoms with van der Waals surface area (Å²) in [6.07, 6.45) is 4.09. The van der Waals surface area contributed by atoms with Gasteiger partial charge in [-0.1, -0.05) is 37.6 Å². The number of aliphatic imine (C=N–C) groups is 1. The second kappa shape index (κ2) is 12.0. The molecule has 0 saturated carbocycles. The van der Waals surface area contributed by atoms with Gasteiger partial charge >= 0.3 is 0 Å². The van der Waals surface area contributed by atoms with Gasteiger partial charge in [-0.15, -0.1) is 0 Å². The standard InChI is InChI=1S/C22H39N5/c1-5-27(19(2)3)16-13-24-22(23-4)25-17-20-9-11-21(12-10-20)18-26-14-7-6-8-15-26/h9-12,19H,5-8,13-18H2,1-4H3,(H2,23,24,25). The van der Waals surface area contributed by atoms with E-state index in [2.05, 4.69) is 70.5 Å². The van der Waals surface area contributed by atoms with Crippen LogP contribution in [0.25, 0.3) is 0 Å². The highest BCUT2D eigenvalue weighted by atomic mass is 15.2. The largest absolute Gasteiger partial charge is 0.355 e. The van der Waals surface area contributed by atoms with Crippen molar-refractivity contribution in [1.29, 1.82) is 0 Å². The fourth-order valence-corrected chi connectivity index (χ4v) is 3.64. The van der Waals surface area contributed by atoms with Gasteiger partial charge in [-0.25, -0.2) is 0 Å². The molecule has 5 nitrogen and oxygen atoms in total. The lowest BCUT2D eigenvalue weighted by molar-refractivity contribution is 0.221. The number of benzene rings is 1. The third-order valence-corrected chi connectivity index (χ3v) is 5.39. The van der Waals surface area contributed by atoms with E-state index in [0.717, 1.165) is 38.7 Å². The van der Waals surface area contributed by atoms with Gasteiger partial charge in [0.05, 0.1) is 0 Å². The third kappa shape index (κ3) is 7.89. The molecule has 1 aliphatic rings. The molecule has 1 heterocycles. The molecule has 152 valence electrons. The molecule has 0 radical (unpaired) electrons. The Labute approximate surface area is 166 Å². The smallest absolute Gasteiger partial charge is 0.191 e. The van der Waals surface area contributed by atoms with Gasteiger partial charge < -0.3 is 10.6 Å². The van der Waals surface area contributed by atoms with Crippen LogP contribution in [0.3, 0.4) is 0 Å². The van der Waals surface area contributed by atoms with Crippen molar-refractivity contribution in [2.24, 2.45) is 4.99 Å². The number of guanidine groups is 1. The van der Waals surface area contributed by atoms with Crippen LogP contribution >= 0.6 is 0 Å². The van der Waals surface area contributed by atoms with Crippen molar-refractivity contribution in [3.63, 3.8) is 0 Å². The monoisotopic (exact) mass is 373 g/mol. The van der Waals surface area contributed by atoms with E-state index < -0.39 is 0 Å². The van der Waals surface area contributed by atoms with Gasteiger partial charge in [0.25, 0.3) is 0 Å². The Hall–Kier alpha value is -1.59. The zero-order valence-electron chi connectivity index (χ0n) is 17.8. The van der Waals surface area contributed by atoms with Crippen molar-refractivity contribution in [3.05, 3.63) is 35.4 Å². The number of piperidine rings is 1. The predicted octanol–water partition coefficient (Wildman–Crippen LogP) is 3.07. The van der Waals surface area contributed by atoms with Gasteiger partial charge in [0.15, 0.2) is 5.96 Å². The van der Waals surface area contributed by atoms with E-state index in [1.54, 1.807) is 0 Å². The van der Waals surface area contributed by atoms with E-state index in [4.69, 9.17) is 0 Å². The van der Waals surface area contributed by atoms with Gasteiger partial charge in [-0.05, 0) is 57.5 Å². The molecule has 27 heavy (non-hydrogen) atoms. The number of nitrogens with zero attached hydrogens (tertiary/aromatic N) is 3. The first-order valence-corrected chi connectivity index (χ1v) is 10.6. The second-order valence-electron chi connectivity index (χ2n) is 7.73. The van der Waals surface area contributed by atoms with E-state index in [9.17, 15) is 0 Å². The molecule has 2 N–H and O–H groups in total. The Balaban J connectivity index is 1.72. The Morgan fingerprint density at radius 1 is 1.07 bits per heavy atom. The number of hydrogen-bond donors (Lipinski definition) is 2. The highest BCUT2D eigenvalue weighted by Gasteiger charge is 2.10. The quantitative estimate of drug-likeness (QED) is 0.516. The van der Waals surface area contributed by atoms with Crippen molar-refractivity contribution in [2.45, 2.75) is 59.2 Å². The number of nitrogens with one attached hydrogen (secondary N) is 2. The molecule has 1 fully saturated rings. The average Bonchev–Trinajstić information content (AvgIpc) is 2.69. The molecule has 1 aliphatic heterocycles. The van der Waals surface area contributed by atoms with Crippen molar-refractivity contribution in [3.8, 4) is 0 Å². The number of likely N-dealkylation sites (tertiary alicyclic amines) is 1. The fraction of sp³-hybridized carbons (Fsp3) is 0.682. The first-order chi connectivity index (χ1) is 13.1. The maximum Gasteiger partial charge on any atom is 0.191 e. The molecule has 2 rings (SSSR count). The number of hydrogen-bond acceptors (Lipinski definition) is 3. The highest BCUT2D eigenvalue weighted by Crippen LogP contribution is 2.13. The van der Waals surface area contributed by atoms with Gasteiger partial charge in [0.1, 0.15) is 0 Å². The van der Waals surface area contributed by atoms with E-state index in [-0.39, 0.29) is 0 Å². The Morgan fingerprint density at radius 3 is 2.33 bits per heavy atom. The van der Waals surface area contributed by atoms with Gasteiger partial charge in [0, 0.05) is 39.3 Å². The maximum atomic E-state index is 4.33. The molecule has 0 spiro atoms. The second-order valence-corrected chi connectivity index (χ2v) is 7.73. The summed E-state index contributed by atoms with van der Waals surface area (Å²) in [5.74, 6) is 0.868. The van der Waals surface area contributed by atoms with E-state index in [0.29, 0.717) is 6.04 Å². The summed E-state index contributed by atoms with van der Waals surface area (Å²) in [6.45, 7) is 14.1. The molecule has 0 bridgehead atoms. The van der Waals surface area contributed by atoms with Crippen LogP contribution in [0.15, 0.2) is 29.3 Å². The summed E-state index contributed by atoms with van der Waals surface area (Å²) in [5, 5.41) is 6.83. The molecule has 1 aromatic carbocycles. The maximum absolute atomic E-state index is 4.33. The molecule has 0 aliphatic carbocycles. The summed E-state index contributed by atoms with van der Waals surface area (Å²) in [6, 6.07) is 9.58. The minimum Gasteiger partial charge on any atom is -0.355 e. The lowest BCUT2D eigenvalue weighted by Crippen LogP contribution is -2.42. The van der Waals surface area contributed by atoms with Crippen LogP contribution in [-0.4, -0.2) is 61.6 Å². The lowest BCUT2D eigenvalue weighted by atomic mass is 10.1. The van der Waals surface area contributed by atoms with Gasteiger partial charge in [-0.3, -0.25) is 14.8 Å². The normalized spacial score (nSPS) is 16.1. The van der Waals surface area contributed by atoms with E-state index in [1.165, 1.54) is 43.5 Å². The van der Waals surface area contributed by atoms with Crippen LogP contribution in [0.4, 0.5) is 0 Å². The van der Waals surface area contributed by atoms with E-state index >= 15 is 0 Å². The van der Waals surface area contributed by atoms with E-state index in [1.807, 2.05) is 7.05 Å². The summed E-state index contributed by atoms with van der Waals surface area (Å²) < 4.78 is 0. The Kier molecular flexibility index (Phi) is 9.64. The van der Waals surface area contributed by atoms with Crippen molar-refractivity contribution < 1.29 is 0 Å². The minimum atomic E-state index is 0.579. The molecule has 0 unspecified atom stereocenters. The van der Waals surface area contributed by atoms with Crippen LogP contribution in [0.1, 0.15) is 51.2 Å². The molecule has 5 heteroatoms. The SMILES string of the molecule is CCN(CCNC(=NC)NCc1ccc(CN2CCCCC2)cc1)C(C)C. The Bertz CT molecular complexity index is 546. The molecule has 0 aromatic heterocycles. The van der Waals surface area contributed by atoms with Gasteiger partial charge in [0.2, 0.25) is 0 Å². The molecule has 1 aromatic rings. The van der Waals surface area contributed by atoms with Crippen molar-refractivity contribution in [1.82, 2.24) is 20.4 Å². The minimum absolute atomic E-state index is 0.579. The zero-order chi connectivity index (χ0) is 19.5. The van der Waals surface area contributed by atoms with Crippen molar-refractivity contribution >= 4 is 5.96 Å². The lowest BCUT2D eigenvalue weighted by Gasteiger charge is -2.26. The third-order valence-electron chi connectivity index (χ3n) is 5.39. The molecular weight excluding hydrogens is 334 g/mol. The molecule has 0 amide bonds. The molecule has 0 atom stereocenters. The van der Waals surface area contributed by atoms with Crippen molar-refractivity contribution in [2.75, 3.05) is 39.8 Å². The molecule has 1 saturated heterocycles. The fourth-order valence-electron chi connectivity index (χ4n) is 3.64. The number of likely N-dealkylation sites (N-methyl/N-ethyl adjacent to an activating group) is 1. The first-order valence-electron chi connectivity index (χ1n) is 10.6. The summed E-state index contributed by atoms with van der Waals surface area (Å²) in [5.41, 5.74) is 2.70. The zero-order valence-corrected chi connectivity index (χ0v) is 17.8. The first kappa shape index (κ1) is 21.7. The van der Waals surface area contributed by atoms with Gasteiger partial charge in [-0.2, -0.15) is 0 Å². The predicted molar refractivity (Wildman–Crippen MR) is 116 cm³/mol. The topological polar surface area (TPSA) is 42.9 Å². The van der Waals surface area contributed by atoms with Crippen LogP contribution < -0.4 is 10.6 Å². The highest BCUT2D eigenvalue weighted by molar-refractivity contribution is 5.79. The number of rotatable bonds is 9. The Morgan fingerprint density at radius 2 is 1.74 bits per heavy atom.